The average Bonchev–Trinajstić information content (AvgIpc) is 2.08. The highest BCUT2D eigenvalue weighted by atomic mass is 16.5. The monoisotopic (exact) mass is 182 g/mol. The minimum Gasteiger partial charge on any atom is -0.508 e. The van der Waals surface area contributed by atoms with E-state index in [4.69, 9.17) is 19.9 Å². The number of phenolic OH excluding ortho intramolecular Hbond substituents is 1. The second kappa shape index (κ2) is 4.16. The smallest absolute Gasteiger partial charge is 0.492 e. The third-order valence-corrected chi connectivity index (χ3v) is 1.57. The van der Waals surface area contributed by atoms with Gasteiger partial charge in [0.15, 0.2) is 0 Å². The first-order valence-electron chi connectivity index (χ1n) is 3.97. The fraction of sp³-hybridized carbons (Fsp3) is 0.250. The predicted octanol–water partition coefficient (Wildman–Crippen LogP) is -0.529. The number of aromatic hydroxyl groups is 1. The normalized spacial score (nSPS) is 9.77. The van der Waals surface area contributed by atoms with Crippen LogP contribution in [0.1, 0.15) is 6.92 Å². The molecular weight excluding hydrogens is 171 g/mol. The van der Waals surface area contributed by atoms with Gasteiger partial charge in [0.2, 0.25) is 0 Å². The summed E-state index contributed by atoms with van der Waals surface area (Å²) in [4.78, 5) is 0. The zero-order chi connectivity index (χ0) is 9.84. The topological polar surface area (TPSA) is 69.9 Å². The summed E-state index contributed by atoms with van der Waals surface area (Å²) in [6.45, 7) is 2.23. The Balaban J connectivity index is 3.03. The molecular formula is C8H11BO4. The fourth-order valence-corrected chi connectivity index (χ4v) is 1.02. The van der Waals surface area contributed by atoms with Crippen molar-refractivity contribution >= 4 is 12.6 Å². The summed E-state index contributed by atoms with van der Waals surface area (Å²) < 4.78 is 5.12. The maximum Gasteiger partial charge on any atom is 0.492 e. The molecule has 0 atom stereocenters. The van der Waals surface area contributed by atoms with Crippen molar-refractivity contribution < 1.29 is 19.9 Å². The standard InChI is InChI=1S/C8H11BO4/c1-2-13-8-4-3-6(10)5-7(8)9(11)12/h3-5,10-12H,2H2,1H3. The maximum absolute atomic E-state index is 9.08. The number of rotatable bonds is 3. The van der Waals surface area contributed by atoms with Gasteiger partial charge >= 0.3 is 7.12 Å². The summed E-state index contributed by atoms with van der Waals surface area (Å²) in [6, 6.07) is 4.18. The molecule has 0 amide bonds. The highest BCUT2D eigenvalue weighted by Gasteiger charge is 2.17. The van der Waals surface area contributed by atoms with Gasteiger partial charge in [0, 0.05) is 5.46 Å². The predicted molar refractivity (Wildman–Crippen MR) is 49.1 cm³/mol. The number of hydrogen-bond donors (Lipinski definition) is 3. The van der Waals surface area contributed by atoms with Crippen LogP contribution in [0.15, 0.2) is 18.2 Å². The molecule has 0 spiro atoms. The Morgan fingerprint density at radius 1 is 1.38 bits per heavy atom. The van der Waals surface area contributed by atoms with Crippen LogP contribution < -0.4 is 10.2 Å². The Labute approximate surface area is 76.6 Å². The van der Waals surface area contributed by atoms with Gasteiger partial charge in [-0.05, 0) is 25.1 Å². The van der Waals surface area contributed by atoms with Gasteiger partial charge in [-0.3, -0.25) is 0 Å². The first kappa shape index (κ1) is 9.89. The van der Waals surface area contributed by atoms with Crippen molar-refractivity contribution in [3.63, 3.8) is 0 Å². The van der Waals surface area contributed by atoms with Crippen molar-refractivity contribution in [2.45, 2.75) is 6.92 Å². The average molecular weight is 182 g/mol. The molecule has 0 bridgehead atoms. The molecule has 0 heterocycles. The molecule has 13 heavy (non-hydrogen) atoms. The Bertz CT molecular complexity index is 287. The lowest BCUT2D eigenvalue weighted by Gasteiger charge is -2.09. The van der Waals surface area contributed by atoms with Gasteiger partial charge < -0.3 is 19.9 Å². The third kappa shape index (κ3) is 2.37. The van der Waals surface area contributed by atoms with E-state index in [1.54, 1.807) is 6.92 Å². The number of phenols is 1. The van der Waals surface area contributed by atoms with Gasteiger partial charge in [-0.25, -0.2) is 0 Å². The van der Waals surface area contributed by atoms with E-state index in [0.29, 0.717) is 12.4 Å². The van der Waals surface area contributed by atoms with E-state index in [1.807, 2.05) is 0 Å². The third-order valence-electron chi connectivity index (χ3n) is 1.57. The molecule has 5 heteroatoms. The van der Waals surface area contributed by atoms with Crippen LogP contribution in [-0.4, -0.2) is 28.9 Å². The van der Waals surface area contributed by atoms with E-state index >= 15 is 0 Å². The van der Waals surface area contributed by atoms with E-state index in [-0.39, 0.29) is 11.2 Å². The summed E-state index contributed by atoms with van der Waals surface area (Å²) in [5.41, 5.74) is 0.168. The van der Waals surface area contributed by atoms with Crippen molar-refractivity contribution in [1.82, 2.24) is 0 Å². The zero-order valence-electron chi connectivity index (χ0n) is 7.27. The van der Waals surface area contributed by atoms with Crippen LogP contribution in [0.4, 0.5) is 0 Å². The van der Waals surface area contributed by atoms with Gasteiger partial charge in [-0.2, -0.15) is 0 Å². The summed E-state index contributed by atoms with van der Waals surface area (Å²) in [6.07, 6.45) is 0. The second-order valence-corrected chi connectivity index (χ2v) is 2.53. The Morgan fingerprint density at radius 2 is 2.08 bits per heavy atom. The van der Waals surface area contributed by atoms with Crippen LogP contribution in [0.5, 0.6) is 11.5 Å². The van der Waals surface area contributed by atoms with Gasteiger partial charge in [-0.1, -0.05) is 0 Å². The zero-order valence-corrected chi connectivity index (χ0v) is 7.27. The SMILES string of the molecule is CCOc1ccc(O)cc1B(O)O. The summed E-state index contributed by atoms with van der Waals surface area (Å²) in [7, 11) is -1.63. The van der Waals surface area contributed by atoms with Crippen molar-refractivity contribution in [2.24, 2.45) is 0 Å². The molecule has 0 aliphatic rings. The van der Waals surface area contributed by atoms with Crippen molar-refractivity contribution in [1.29, 1.82) is 0 Å². The van der Waals surface area contributed by atoms with E-state index < -0.39 is 7.12 Å². The number of benzene rings is 1. The Hall–Kier alpha value is -1.20. The molecule has 0 saturated heterocycles. The number of ether oxygens (including phenoxy) is 1. The lowest BCUT2D eigenvalue weighted by molar-refractivity contribution is 0.339. The first-order chi connectivity index (χ1) is 6.15. The lowest BCUT2D eigenvalue weighted by atomic mass is 9.79. The number of hydrogen-bond acceptors (Lipinski definition) is 4. The van der Waals surface area contributed by atoms with E-state index in [2.05, 4.69) is 0 Å². The summed E-state index contributed by atoms with van der Waals surface area (Å²) in [5.74, 6) is 0.349. The molecule has 0 saturated carbocycles. The summed E-state index contributed by atoms with van der Waals surface area (Å²) >= 11 is 0. The van der Waals surface area contributed by atoms with Crippen LogP contribution in [-0.2, 0) is 0 Å². The minimum absolute atomic E-state index is 0.0217. The molecule has 3 N–H and O–H groups in total. The van der Waals surface area contributed by atoms with Crippen molar-refractivity contribution in [3.05, 3.63) is 18.2 Å². The molecule has 0 aliphatic carbocycles. The molecule has 0 unspecified atom stereocenters. The minimum atomic E-state index is -1.63. The van der Waals surface area contributed by atoms with Crippen LogP contribution >= 0.6 is 0 Å². The van der Waals surface area contributed by atoms with Gasteiger partial charge in [0.05, 0.1) is 6.61 Å². The highest BCUT2D eigenvalue weighted by molar-refractivity contribution is 6.59. The second-order valence-electron chi connectivity index (χ2n) is 2.53. The fourth-order valence-electron chi connectivity index (χ4n) is 1.02. The Kier molecular flexibility index (Phi) is 3.16. The molecule has 0 aromatic heterocycles. The first-order valence-corrected chi connectivity index (χ1v) is 3.97. The van der Waals surface area contributed by atoms with Crippen LogP contribution in [0.2, 0.25) is 0 Å². The van der Waals surface area contributed by atoms with Crippen LogP contribution in [0, 0.1) is 0 Å². The van der Waals surface area contributed by atoms with Crippen molar-refractivity contribution in [2.75, 3.05) is 6.61 Å². The van der Waals surface area contributed by atoms with Crippen LogP contribution in [0.25, 0.3) is 0 Å². The van der Waals surface area contributed by atoms with E-state index in [9.17, 15) is 0 Å². The molecule has 70 valence electrons. The van der Waals surface area contributed by atoms with Gasteiger partial charge in [0.1, 0.15) is 11.5 Å². The van der Waals surface area contributed by atoms with Crippen LogP contribution in [0.3, 0.4) is 0 Å². The molecule has 1 aromatic rings. The maximum atomic E-state index is 9.08. The molecule has 0 fully saturated rings. The molecule has 0 radical (unpaired) electrons. The van der Waals surface area contributed by atoms with Gasteiger partial charge in [0.25, 0.3) is 0 Å². The largest absolute Gasteiger partial charge is 0.508 e. The quantitative estimate of drug-likeness (QED) is 0.549. The molecule has 1 rings (SSSR count). The van der Waals surface area contributed by atoms with Crippen molar-refractivity contribution in [3.8, 4) is 11.5 Å². The molecule has 1 aromatic carbocycles. The highest BCUT2D eigenvalue weighted by Crippen LogP contribution is 2.14. The Morgan fingerprint density at radius 3 is 2.62 bits per heavy atom. The van der Waals surface area contributed by atoms with Gasteiger partial charge in [-0.15, -0.1) is 0 Å². The summed E-state index contributed by atoms with van der Waals surface area (Å²) in [5, 5.41) is 26.9. The molecule has 4 nitrogen and oxygen atoms in total. The van der Waals surface area contributed by atoms with E-state index in [1.165, 1.54) is 18.2 Å². The lowest BCUT2D eigenvalue weighted by Crippen LogP contribution is -2.31. The van der Waals surface area contributed by atoms with E-state index in [0.717, 1.165) is 0 Å². The molecule has 0 aliphatic heterocycles.